The predicted octanol–water partition coefficient (Wildman–Crippen LogP) is 4.98. The lowest BCUT2D eigenvalue weighted by Crippen LogP contribution is -2.46. The van der Waals surface area contributed by atoms with Crippen molar-refractivity contribution in [1.29, 1.82) is 0 Å². The molecule has 9 nitrogen and oxygen atoms in total. The van der Waals surface area contributed by atoms with Gasteiger partial charge in [-0.1, -0.05) is 31.2 Å². The molecule has 0 radical (unpaired) electrons. The molecule has 4 rings (SSSR count). The van der Waals surface area contributed by atoms with Gasteiger partial charge in [0.15, 0.2) is 0 Å². The largest absolute Gasteiger partial charge is 0.497 e. The summed E-state index contributed by atoms with van der Waals surface area (Å²) in [5, 5.41) is 5.70. The molecule has 2 atom stereocenters. The molecule has 2 amide bonds. The van der Waals surface area contributed by atoms with Crippen LogP contribution in [-0.2, 0) is 27.6 Å². The van der Waals surface area contributed by atoms with Gasteiger partial charge in [0.1, 0.15) is 11.4 Å². The van der Waals surface area contributed by atoms with E-state index in [-0.39, 0.29) is 10.8 Å². The minimum atomic E-state index is -3.95. The molecule has 0 unspecified atom stereocenters. The van der Waals surface area contributed by atoms with Gasteiger partial charge in [-0.05, 0) is 92.8 Å². The van der Waals surface area contributed by atoms with Crippen molar-refractivity contribution in [2.24, 2.45) is 0 Å². The summed E-state index contributed by atoms with van der Waals surface area (Å²) in [4.78, 5) is 25.7. The summed E-state index contributed by atoms with van der Waals surface area (Å²) in [6.07, 6.45) is 0.518. The van der Waals surface area contributed by atoms with Gasteiger partial charge >= 0.3 is 6.09 Å². The minimum absolute atomic E-state index is 0.122. The van der Waals surface area contributed by atoms with Gasteiger partial charge in [0.25, 0.3) is 5.91 Å². The van der Waals surface area contributed by atoms with Crippen molar-refractivity contribution in [3.63, 3.8) is 0 Å². The van der Waals surface area contributed by atoms with Crippen LogP contribution in [0.5, 0.6) is 5.75 Å². The normalized spacial score (nSPS) is 16.6. The van der Waals surface area contributed by atoms with Crippen LogP contribution in [0.4, 0.5) is 10.5 Å². The Morgan fingerprint density at radius 2 is 1.73 bits per heavy atom. The van der Waals surface area contributed by atoms with Gasteiger partial charge in [-0.3, -0.25) is 4.79 Å². The Morgan fingerprint density at radius 1 is 1.00 bits per heavy atom. The summed E-state index contributed by atoms with van der Waals surface area (Å²) in [6.45, 7) is 7.27. The highest BCUT2D eigenvalue weighted by molar-refractivity contribution is 7.89. The number of fused-ring (bicyclic) bond motifs is 1. The SMILES string of the molecule is CCc1ccc(S(=O)(=O)N[C@@H]2c3cc(NC(=O)c4cccc(OC)c4)ccc3C[C@@H]2NC(=O)OC(C)(C)C)cc1. The van der Waals surface area contributed by atoms with Crippen LogP contribution >= 0.6 is 0 Å². The van der Waals surface area contributed by atoms with E-state index in [0.717, 1.165) is 17.5 Å². The molecule has 0 aromatic heterocycles. The number of amides is 2. The first-order valence-corrected chi connectivity index (χ1v) is 14.6. The Labute approximate surface area is 235 Å². The Balaban J connectivity index is 1.63. The zero-order valence-electron chi connectivity index (χ0n) is 23.3. The quantitative estimate of drug-likeness (QED) is 0.354. The predicted molar refractivity (Wildman–Crippen MR) is 153 cm³/mol. The van der Waals surface area contributed by atoms with Crippen molar-refractivity contribution in [3.05, 3.63) is 89.0 Å². The zero-order chi connectivity index (χ0) is 29.1. The number of rotatable bonds is 8. The molecule has 0 spiro atoms. The highest BCUT2D eigenvalue weighted by Crippen LogP contribution is 2.35. The van der Waals surface area contributed by atoms with Crippen LogP contribution in [0.15, 0.2) is 71.6 Å². The molecular weight excluding hydrogens is 530 g/mol. The average Bonchev–Trinajstić information content (AvgIpc) is 3.22. The average molecular weight is 566 g/mol. The highest BCUT2D eigenvalue weighted by atomic mass is 32.2. The van der Waals surface area contributed by atoms with Gasteiger partial charge in [-0.25, -0.2) is 17.9 Å². The molecule has 3 aromatic rings. The third-order valence-electron chi connectivity index (χ3n) is 6.54. The lowest BCUT2D eigenvalue weighted by Gasteiger charge is -2.26. The van der Waals surface area contributed by atoms with Crippen LogP contribution in [0.3, 0.4) is 0 Å². The lowest BCUT2D eigenvalue weighted by molar-refractivity contribution is 0.0498. The van der Waals surface area contributed by atoms with Crippen LogP contribution in [-0.4, -0.2) is 39.2 Å². The number of benzene rings is 3. The van der Waals surface area contributed by atoms with Gasteiger partial charge in [-0.2, -0.15) is 0 Å². The number of hydrogen-bond donors (Lipinski definition) is 3. The molecular formula is C30H35N3O6S. The number of hydrogen-bond acceptors (Lipinski definition) is 6. The van der Waals surface area contributed by atoms with Crippen molar-refractivity contribution in [1.82, 2.24) is 10.0 Å². The number of sulfonamides is 1. The molecule has 0 aliphatic heterocycles. The van der Waals surface area contributed by atoms with Crippen LogP contribution < -0.4 is 20.1 Å². The van der Waals surface area contributed by atoms with Gasteiger partial charge in [0.05, 0.1) is 24.1 Å². The Kier molecular flexibility index (Phi) is 8.51. The van der Waals surface area contributed by atoms with E-state index in [1.54, 1.807) is 81.4 Å². The van der Waals surface area contributed by atoms with E-state index in [1.165, 1.54) is 7.11 Å². The van der Waals surface area contributed by atoms with Gasteiger partial charge in [0, 0.05) is 11.3 Å². The summed E-state index contributed by atoms with van der Waals surface area (Å²) in [5.41, 5.74) is 2.69. The lowest BCUT2D eigenvalue weighted by atomic mass is 10.1. The maximum absolute atomic E-state index is 13.4. The standard InChI is InChI=1S/C30H35N3O6S/c1-6-19-10-14-24(15-11-19)40(36,37)33-27-25-18-22(31-28(34)21-8-7-9-23(16-21)38-5)13-12-20(25)17-26(27)32-29(35)39-30(2,3)4/h7-16,18,26-27,33H,6,17H2,1-5H3,(H,31,34)(H,32,35)/t26-,27+/m0/s1. The molecule has 0 heterocycles. The van der Waals surface area contributed by atoms with Crippen molar-refractivity contribution in [3.8, 4) is 5.75 Å². The second kappa shape index (κ2) is 11.7. The molecule has 0 bridgehead atoms. The molecule has 3 aromatic carbocycles. The summed E-state index contributed by atoms with van der Waals surface area (Å²) in [6, 6.07) is 17.4. The third kappa shape index (κ3) is 7.00. The molecule has 3 N–H and O–H groups in total. The van der Waals surface area contributed by atoms with Crippen molar-refractivity contribution in [2.75, 3.05) is 12.4 Å². The smallest absolute Gasteiger partial charge is 0.407 e. The number of nitrogens with one attached hydrogen (secondary N) is 3. The van der Waals surface area contributed by atoms with Crippen molar-refractivity contribution >= 4 is 27.7 Å². The number of methoxy groups -OCH3 is 1. The van der Waals surface area contributed by atoms with E-state index in [4.69, 9.17) is 9.47 Å². The van der Waals surface area contributed by atoms with Crippen LogP contribution in [0.2, 0.25) is 0 Å². The third-order valence-corrected chi connectivity index (χ3v) is 8.00. The first-order chi connectivity index (χ1) is 18.9. The summed E-state index contributed by atoms with van der Waals surface area (Å²) < 4.78 is 40.3. The Bertz CT molecular complexity index is 1500. The number of anilines is 1. The van der Waals surface area contributed by atoms with Crippen molar-refractivity contribution < 1.29 is 27.5 Å². The van der Waals surface area contributed by atoms with E-state index in [0.29, 0.717) is 29.0 Å². The monoisotopic (exact) mass is 565 g/mol. The number of ether oxygens (including phenoxy) is 2. The van der Waals surface area contributed by atoms with Crippen LogP contribution in [0.25, 0.3) is 0 Å². The Morgan fingerprint density at radius 3 is 2.38 bits per heavy atom. The summed E-state index contributed by atoms with van der Waals surface area (Å²) >= 11 is 0. The second-order valence-electron chi connectivity index (χ2n) is 10.7. The van der Waals surface area contributed by atoms with E-state index < -0.39 is 33.8 Å². The van der Waals surface area contributed by atoms with E-state index >= 15 is 0 Å². The molecule has 0 saturated carbocycles. The number of carbonyl (C=O) groups is 2. The first-order valence-electron chi connectivity index (χ1n) is 13.1. The minimum Gasteiger partial charge on any atom is -0.497 e. The van der Waals surface area contributed by atoms with Crippen molar-refractivity contribution in [2.45, 2.75) is 63.1 Å². The van der Waals surface area contributed by atoms with Crippen LogP contribution in [0, 0.1) is 0 Å². The molecule has 0 saturated heterocycles. The molecule has 0 fully saturated rings. The van der Waals surface area contributed by atoms with Gasteiger partial charge in [-0.15, -0.1) is 0 Å². The fraction of sp³-hybridized carbons (Fsp3) is 0.333. The summed E-state index contributed by atoms with van der Waals surface area (Å²) in [7, 11) is -2.42. The fourth-order valence-electron chi connectivity index (χ4n) is 4.57. The molecule has 10 heteroatoms. The topological polar surface area (TPSA) is 123 Å². The fourth-order valence-corrected chi connectivity index (χ4v) is 5.82. The number of alkyl carbamates (subject to hydrolysis) is 1. The van der Waals surface area contributed by atoms with E-state index in [9.17, 15) is 18.0 Å². The van der Waals surface area contributed by atoms with Gasteiger partial charge < -0.3 is 20.1 Å². The highest BCUT2D eigenvalue weighted by Gasteiger charge is 2.37. The Hall–Kier alpha value is -3.89. The van der Waals surface area contributed by atoms with E-state index in [2.05, 4.69) is 15.4 Å². The molecule has 40 heavy (non-hydrogen) atoms. The number of aryl methyl sites for hydroxylation is 1. The molecule has 1 aliphatic carbocycles. The molecule has 212 valence electrons. The maximum Gasteiger partial charge on any atom is 0.407 e. The van der Waals surface area contributed by atoms with Gasteiger partial charge in [0.2, 0.25) is 10.0 Å². The first kappa shape index (κ1) is 29.1. The summed E-state index contributed by atoms with van der Waals surface area (Å²) in [5.74, 6) is 0.215. The maximum atomic E-state index is 13.4. The second-order valence-corrected chi connectivity index (χ2v) is 12.4. The number of carbonyl (C=O) groups excluding carboxylic acids is 2. The van der Waals surface area contributed by atoms with Crippen LogP contribution in [0.1, 0.15) is 60.8 Å². The molecule has 1 aliphatic rings. The van der Waals surface area contributed by atoms with E-state index in [1.807, 2.05) is 13.0 Å². The zero-order valence-corrected chi connectivity index (χ0v) is 24.1.